The van der Waals surface area contributed by atoms with Gasteiger partial charge in [-0.25, -0.2) is 0 Å². The first-order valence-corrected chi connectivity index (χ1v) is 13.4. The number of nitrogens with zero attached hydrogens (tertiary/aromatic N) is 3. The largest absolute Gasteiger partial charge is 0.370 e. The van der Waals surface area contributed by atoms with Crippen LogP contribution in [0.1, 0.15) is 44.4 Å². The number of thioether (sulfide) groups is 1. The number of hydrogen-bond donors (Lipinski definition) is 1. The van der Waals surface area contributed by atoms with Gasteiger partial charge in [-0.3, -0.25) is 4.98 Å². The van der Waals surface area contributed by atoms with E-state index in [0.29, 0.717) is 6.04 Å². The van der Waals surface area contributed by atoms with Gasteiger partial charge >= 0.3 is 0 Å². The molecule has 32 heavy (non-hydrogen) atoms. The lowest BCUT2D eigenvalue weighted by Gasteiger charge is -2.37. The zero-order chi connectivity index (χ0) is 22.8. The summed E-state index contributed by atoms with van der Waals surface area (Å²) in [6, 6.07) is 4.78. The van der Waals surface area contributed by atoms with Gasteiger partial charge in [0.2, 0.25) is 0 Å². The van der Waals surface area contributed by atoms with Crippen LogP contribution in [-0.2, 0) is 12.8 Å². The van der Waals surface area contributed by atoms with Crippen LogP contribution in [0.5, 0.6) is 0 Å². The molecule has 2 aliphatic heterocycles. The predicted octanol–water partition coefficient (Wildman–Crippen LogP) is 4.70. The molecule has 4 nitrogen and oxygen atoms in total. The fraction of sp³-hybridized carbons (Fsp3) is 0.593. The summed E-state index contributed by atoms with van der Waals surface area (Å²) in [5.74, 6) is 2.51. The maximum absolute atomic E-state index is 4.32. The van der Waals surface area contributed by atoms with Crippen LogP contribution >= 0.6 is 11.8 Å². The standard InChI is InChI=1S/C18H31N3S.C9H11N/c1-5-7-15-13-19-16(14-20(3)4)12-17(15)18(6-2)21-8-10-22-11-9-21;1-2-6-9-8(4-1)5-3-7-10-9/h5-7,16,19H,8-14H2,1-4H3;3,5,7H,1-2,4,6H2/b7-5-,18-6+;. The minimum atomic E-state index is 0.549. The van der Waals surface area contributed by atoms with Crippen LogP contribution < -0.4 is 5.32 Å². The molecule has 3 heterocycles. The summed E-state index contributed by atoms with van der Waals surface area (Å²) in [7, 11) is 4.32. The smallest absolute Gasteiger partial charge is 0.0435 e. The number of fused-ring (bicyclic) bond motifs is 1. The van der Waals surface area contributed by atoms with Crippen LogP contribution in [-0.4, -0.2) is 72.6 Å². The molecule has 1 aliphatic carbocycles. The fourth-order valence-electron chi connectivity index (χ4n) is 4.89. The molecule has 176 valence electrons. The number of pyridine rings is 1. The van der Waals surface area contributed by atoms with Crippen molar-refractivity contribution >= 4 is 11.8 Å². The molecular weight excluding hydrogens is 412 g/mol. The number of nitrogens with one attached hydrogen (secondary N) is 1. The second-order valence-electron chi connectivity index (χ2n) is 9.14. The Kier molecular flexibility index (Phi) is 10.4. The van der Waals surface area contributed by atoms with Crippen LogP contribution in [0, 0.1) is 0 Å². The Bertz CT molecular complexity index is 781. The fourth-order valence-corrected chi connectivity index (χ4v) is 5.80. The van der Waals surface area contributed by atoms with Crippen molar-refractivity contribution in [3.05, 3.63) is 64.7 Å². The molecule has 0 amide bonds. The van der Waals surface area contributed by atoms with Crippen molar-refractivity contribution in [3.8, 4) is 0 Å². The topological polar surface area (TPSA) is 31.4 Å². The van der Waals surface area contributed by atoms with Gasteiger partial charge in [-0.1, -0.05) is 24.3 Å². The van der Waals surface area contributed by atoms with Crippen molar-refractivity contribution in [2.24, 2.45) is 0 Å². The van der Waals surface area contributed by atoms with Crippen LogP contribution in [0.25, 0.3) is 0 Å². The second kappa shape index (κ2) is 13.2. The van der Waals surface area contributed by atoms with Crippen molar-refractivity contribution in [1.82, 2.24) is 20.1 Å². The first-order chi connectivity index (χ1) is 15.6. The highest BCUT2D eigenvalue weighted by Crippen LogP contribution is 2.29. The van der Waals surface area contributed by atoms with E-state index in [2.05, 4.69) is 84.1 Å². The van der Waals surface area contributed by atoms with Crippen molar-refractivity contribution in [1.29, 1.82) is 0 Å². The molecule has 1 atom stereocenters. The van der Waals surface area contributed by atoms with E-state index in [-0.39, 0.29) is 0 Å². The molecule has 1 aromatic rings. The van der Waals surface area contributed by atoms with E-state index in [1.165, 1.54) is 72.8 Å². The molecule has 1 N–H and O–H groups in total. The SMILES string of the molecule is C/C=C\C1=C(C(=C\C)/N2CCSCC2)CC(CN(C)C)NC1.c1cnc2c(c1)CCCC2. The Hall–Kier alpha value is -1.56. The summed E-state index contributed by atoms with van der Waals surface area (Å²) in [5.41, 5.74) is 7.28. The highest BCUT2D eigenvalue weighted by molar-refractivity contribution is 7.99. The van der Waals surface area contributed by atoms with E-state index in [4.69, 9.17) is 0 Å². The average molecular weight is 455 g/mol. The highest BCUT2D eigenvalue weighted by Gasteiger charge is 2.25. The van der Waals surface area contributed by atoms with E-state index in [0.717, 1.165) is 19.5 Å². The molecule has 4 rings (SSSR count). The molecule has 0 spiro atoms. The molecule has 1 unspecified atom stereocenters. The van der Waals surface area contributed by atoms with Gasteiger partial charge in [0.25, 0.3) is 0 Å². The number of aromatic nitrogens is 1. The van der Waals surface area contributed by atoms with Gasteiger partial charge in [0, 0.05) is 61.3 Å². The van der Waals surface area contributed by atoms with Crippen LogP contribution in [0.3, 0.4) is 0 Å². The lowest BCUT2D eigenvalue weighted by molar-refractivity contribution is 0.325. The highest BCUT2D eigenvalue weighted by atomic mass is 32.2. The third-order valence-electron chi connectivity index (χ3n) is 6.40. The first-order valence-electron chi connectivity index (χ1n) is 12.3. The molecular formula is C27H42N4S. The van der Waals surface area contributed by atoms with Gasteiger partial charge in [0.1, 0.15) is 0 Å². The number of hydrogen-bond acceptors (Lipinski definition) is 5. The van der Waals surface area contributed by atoms with Gasteiger partial charge in [-0.2, -0.15) is 11.8 Å². The number of aryl methyl sites for hydroxylation is 2. The normalized spacial score (nSPS) is 22.1. The van der Waals surface area contributed by atoms with Gasteiger partial charge < -0.3 is 15.1 Å². The average Bonchev–Trinajstić information content (AvgIpc) is 2.82. The monoisotopic (exact) mass is 454 g/mol. The van der Waals surface area contributed by atoms with E-state index in [9.17, 15) is 0 Å². The summed E-state index contributed by atoms with van der Waals surface area (Å²) in [6.07, 6.45) is 14.9. The summed E-state index contributed by atoms with van der Waals surface area (Å²) >= 11 is 2.08. The van der Waals surface area contributed by atoms with Gasteiger partial charge in [-0.15, -0.1) is 0 Å². The third kappa shape index (κ3) is 7.23. The summed E-state index contributed by atoms with van der Waals surface area (Å²) in [6.45, 7) is 8.76. The quantitative estimate of drug-likeness (QED) is 0.697. The molecule has 1 saturated heterocycles. The van der Waals surface area contributed by atoms with Gasteiger partial charge in [0.15, 0.2) is 0 Å². The maximum Gasteiger partial charge on any atom is 0.0435 e. The Labute approximate surface area is 200 Å². The summed E-state index contributed by atoms with van der Waals surface area (Å²) in [5, 5.41) is 3.70. The molecule has 0 radical (unpaired) electrons. The molecule has 0 saturated carbocycles. The van der Waals surface area contributed by atoms with Crippen LogP contribution in [0.2, 0.25) is 0 Å². The van der Waals surface area contributed by atoms with Crippen molar-refractivity contribution in [2.45, 2.75) is 52.0 Å². The molecule has 0 bridgehead atoms. The van der Waals surface area contributed by atoms with E-state index in [1.54, 1.807) is 5.57 Å². The summed E-state index contributed by atoms with van der Waals surface area (Å²) in [4.78, 5) is 9.19. The van der Waals surface area contributed by atoms with E-state index >= 15 is 0 Å². The lowest BCUT2D eigenvalue weighted by Crippen LogP contribution is -2.44. The Morgan fingerprint density at radius 1 is 1.22 bits per heavy atom. The zero-order valence-corrected chi connectivity index (χ0v) is 21.4. The maximum atomic E-state index is 4.32. The second-order valence-corrected chi connectivity index (χ2v) is 10.4. The molecule has 1 fully saturated rings. The molecule has 1 aromatic heterocycles. The minimum absolute atomic E-state index is 0.549. The van der Waals surface area contributed by atoms with Crippen molar-refractivity contribution in [2.75, 3.05) is 51.8 Å². The minimum Gasteiger partial charge on any atom is -0.370 e. The van der Waals surface area contributed by atoms with Gasteiger partial charge in [-0.05, 0) is 82.8 Å². The van der Waals surface area contributed by atoms with E-state index < -0.39 is 0 Å². The summed E-state index contributed by atoms with van der Waals surface area (Å²) < 4.78 is 0. The molecule has 5 heteroatoms. The number of likely N-dealkylation sites (N-methyl/N-ethyl adjacent to an activating group) is 1. The van der Waals surface area contributed by atoms with Gasteiger partial charge in [0.05, 0.1) is 0 Å². The van der Waals surface area contributed by atoms with Crippen molar-refractivity contribution in [3.63, 3.8) is 0 Å². The molecule has 3 aliphatic rings. The van der Waals surface area contributed by atoms with Crippen LogP contribution in [0.4, 0.5) is 0 Å². The van der Waals surface area contributed by atoms with E-state index in [1.807, 2.05) is 12.3 Å². The van der Waals surface area contributed by atoms with Crippen molar-refractivity contribution < 1.29 is 0 Å². The number of allylic oxidation sites excluding steroid dienone is 3. The number of rotatable bonds is 5. The Morgan fingerprint density at radius 2 is 2.00 bits per heavy atom. The lowest BCUT2D eigenvalue weighted by atomic mass is 9.91. The zero-order valence-electron chi connectivity index (χ0n) is 20.6. The Morgan fingerprint density at radius 3 is 2.69 bits per heavy atom. The third-order valence-corrected chi connectivity index (χ3v) is 7.34. The first kappa shape index (κ1) is 25.1. The Balaban J connectivity index is 0.000000238. The molecule has 0 aromatic carbocycles. The predicted molar refractivity (Wildman–Crippen MR) is 140 cm³/mol. The van der Waals surface area contributed by atoms with Crippen LogP contribution in [0.15, 0.2) is 53.4 Å².